The summed E-state index contributed by atoms with van der Waals surface area (Å²) < 4.78 is 6.34. The zero-order valence-electron chi connectivity index (χ0n) is 23.8. The van der Waals surface area contributed by atoms with Gasteiger partial charge in [0.2, 0.25) is 11.8 Å². The first-order chi connectivity index (χ1) is 19.9. The van der Waals surface area contributed by atoms with E-state index in [1.807, 2.05) is 12.1 Å². The van der Waals surface area contributed by atoms with Crippen LogP contribution in [0.15, 0.2) is 30.9 Å². The highest BCUT2D eigenvalue weighted by Gasteiger charge is 2.35. The zero-order chi connectivity index (χ0) is 29.1. The maximum Gasteiger partial charge on any atom is 0.246 e. The predicted molar refractivity (Wildman–Crippen MR) is 159 cm³/mol. The second-order valence-corrected chi connectivity index (χ2v) is 11.4. The maximum atomic E-state index is 12.5. The Balaban J connectivity index is 1.55. The Kier molecular flexibility index (Phi) is 8.68. The summed E-state index contributed by atoms with van der Waals surface area (Å²) in [4.78, 5) is 25.9. The van der Waals surface area contributed by atoms with Gasteiger partial charge in [-0.1, -0.05) is 30.3 Å². The van der Waals surface area contributed by atoms with Crippen LogP contribution in [0.4, 0.5) is 11.4 Å². The monoisotopic (exact) mass is 573 g/mol. The average Bonchev–Trinajstić information content (AvgIpc) is 3.39. The lowest BCUT2D eigenvalue weighted by Gasteiger charge is -2.43. The van der Waals surface area contributed by atoms with Gasteiger partial charge in [0, 0.05) is 37.8 Å². The molecule has 41 heavy (non-hydrogen) atoms. The van der Waals surface area contributed by atoms with Crippen LogP contribution in [0.1, 0.15) is 41.6 Å². The Labute approximate surface area is 247 Å². The third kappa shape index (κ3) is 5.70. The fourth-order valence-corrected chi connectivity index (χ4v) is 6.76. The Morgan fingerprint density at radius 1 is 1.20 bits per heavy atom. The number of anilines is 2. The van der Waals surface area contributed by atoms with Crippen molar-refractivity contribution >= 4 is 28.9 Å². The molecule has 2 aromatic rings. The molecule has 2 unspecified atom stereocenters. The minimum absolute atomic E-state index is 0.183. The van der Waals surface area contributed by atoms with Gasteiger partial charge in [0.25, 0.3) is 0 Å². The summed E-state index contributed by atoms with van der Waals surface area (Å²) in [6.45, 7) is 9.85. The van der Waals surface area contributed by atoms with Crippen molar-refractivity contribution < 1.29 is 9.53 Å². The van der Waals surface area contributed by atoms with Gasteiger partial charge in [-0.05, 0) is 57.5 Å². The molecule has 5 rings (SSSR count). The highest BCUT2D eigenvalue weighted by atomic mass is 35.5. The van der Waals surface area contributed by atoms with E-state index < -0.39 is 0 Å². The van der Waals surface area contributed by atoms with Crippen molar-refractivity contribution in [3.63, 3.8) is 0 Å². The first kappa shape index (κ1) is 28.7. The summed E-state index contributed by atoms with van der Waals surface area (Å²) in [7, 11) is 2.10. The number of likely N-dealkylation sites (N-methyl/N-ethyl adjacent to an activating group) is 1. The van der Waals surface area contributed by atoms with Crippen LogP contribution in [0.3, 0.4) is 0 Å². The molecule has 0 radical (unpaired) electrons. The molecule has 2 saturated heterocycles. The molecule has 0 bridgehead atoms. The van der Waals surface area contributed by atoms with E-state index in [0.717, 1.165) is 54.1 Å². The number of ether oxygens (including phenoxy) is 1. The number of para-hydroxylation sites is 1. The number of hydrogen-bond donors (Lipinski definition) is 0. The van der Waals surface area contributed by atoms with E-state index in [1.54, 1.807) is 4.90 Å². The molecule has 10 heteroatoms. The van der Waals surface area contributed by atoms with E-state index in [4.69, 9.17) is 21.3 Å². The minimum atomic E-state index is -0.308. The highest BCUT2D eigenvalue weighted by molar-refractivity contribution is 6.33. The normalized spacial score (nSPS) is 20.8. The van der Waals surface area contributed by atoms with E-state index >= 15 is 0 Å². The van der Waals surface area contributed by atoms with Gasteiger partial charge in [-0.25, -0.2) is 4.98 Å². The SMILES string of the molecule is C=CC(=O)N1CCN(c2c(C#N)c(OCC3CCCN3C)nc3c2CCN(c2c(C)cccc2Cl)C3)CC1CC#N. The van der Waals surface area contributed by atoms with Crippen molar-refractivity contribution in [1.29, 1.82) is 10.5 Å². The van der Waals surface area contributed by atoms with E-state index in [9.17, 15) is 15.3 Å². The number of hydrogen-bond acceptors (Lipinski definition) is 8. The molecular formula is C31H36ClN7O2. The number of nitriles is 2. The average molecular weight is 574 g/mol. The molecule has 3 aliphatic heterocycles. The number of carbonyl (C=O) groups excluding carboxylic acids is 1. The lowest BCUT2D eigenvalue weighted by Crippen LogP contribution is -2.55. The quantitative estimate of drug-likeness (QED) is 0.457. The van der Waals surface area contributed by atoms with Crippen molar-refractivity contribution in [2.75, 3.05) is 56.2 Å². The van der Waals surface area contributed by atoms with Crippen LogP contribution in [-0.4, -0.2) is 79.2 Å². The second kappa shape index (κ2) is 12.4. The van der Waals surface area contributed by atoms with Crippen LogP contribution in [0.5, 0.6) is 5.88 Å². The van der Waals surface area contributed by atoms with Gasteiger partial charge in [0.05, 0.1) is 47.2 Å². The Bertz CT molecular complexity index is 1390. The number of fused-ring (bicyclic) bond motifs is 1. The van der Waals surface area contributed by atoms with Crippen LogP contribution < -0.4 is 14.5 Å². The molecular weight excluding hydrogens is 538 g/mol. The van der Waals surface area contributed by atoms with Crippen LogP contribution in [0.2, 0.25) is 5.02 Å². The van der Waals surface area contributed by atoms with Crippen LogP contribution in [0, 0.1) is 29.6 Å². The number of likely N-dealkylation sites (tertiary alicyclic amines) is 1. The number of pyridine rings is 1. The lowest BCUT2D eigenvalue weighted by atomic mass is 9.96. The van der Waals surface area contributed by atoms with Crippen molar-refractivity contribution in [3.05, 3.63) is 58.3 Å². The predicted octanol–water partition coefficient (Wildman–Crippen LogP) is 4.07. The summed E-state index contributed by atoms with van der Waals surface area (Å²) in [5.41, 5.74) is 5.21. The lowest BCUT2D eigenvalue weighted by molar-refractivity contribution is -0.128. The molecule has 214 valence electrons. The molecule has 2 fully saturated rings. The largest absolute Gasteiger partial charge is 0.475 e. The molecule has 0 N–H and O–H groups in total. The van der Waals surface area contributed by atoms with Crippen molar-refractivity contribution in [2.24, 2.45) is 0 Å². The molecule has 4 heterocycles. The number of piperazine rings is 1. The molecule has 1 aromatic carbocycles. The number of nitrogens with zero attached hydrogens (tertiary/aromatic N) is 7. The van der Waals surface area contributed by atoms with Gasteiger partial charge >= 0.3 is 0 Å². The molecule has 0 aliphatic carbocycles. The van der Waals surface area contributed by atoms with E-state index in [2.05, 4.69) is 53.5 Å². The molecule has 2 atom stereocenters. The Morgan fingerprint density at radius 2 is 2.02 bits per heavy atom. The maximum absolute atomic E-state index is 12.5. The highest BCUT2D eigenvalue weighted by Crippen LogP contribution is 2.40. The molecule has 1 amide bonds. The number of benzene rings is 1. The van der Waals surface area contributed by atoms with Gasteiger partial charge in [-0.2, -0.15) is 10.5 Å². The van der Waals surface area contributed by atoms with Gasteiger partial charge in [0.15, 0.2) is 0 Å². The molecule has 9 nitrogen and oxygen atoms in total. The zero-order valence-corrected chi connectivity index (χ0v) is 24.5. The van der Waals surface area contributed by atoms with E-state index in [1.165, 1.54) is 6.08 Å². The summed E-state index contributed by atoms with van der Waals surface area (Å²) in [6.07, 6.45) is 4.34. The van der Waals surface area contributed by atoms with E-state index in [-0.39, 0.29) is 24.4 Å². The number of carbonyl (C=O) groups is 1. The van der Waals surface area contributed by atoms with Crippen LogP contribution in [-0.2, 0) is 17.8 Å². The molecule has 0 saturated carbocycles. The number of rotatable bonds is 7. The van der Waals surface area contributed by atoms with Crippen LogP contribution >= 0.6 is 11.6 Å². The number of amides is 1. The van der Waals surface area contributed by atoms with E-state index in [0.29, 0.717) is 55.7 Å². The molecule has 3 aliphatic rings. The van der Waals surface area contributed by atoms with Crippen LogP contribution in [0.25, 0.3) is 0 Å². The minimum Gasteiger partial charge on any atom is -0.475 e. The summed E-state index contributed by atoms with van der Waals surface area (Å²) in [6, 6.07) is 10.5. The van der Waals surface area contributed by atoms with Crippen molar-refractivity contribution in [3.8, 4) is 18.0 Å². The standard InChI is InChI=1S/C31H36ClN7O2/c1-4-28(40)39-16-15-38(18-22(39)10-12-33)30-24-11-14-37(29-21(2)7-5-9-26(29)32)19-27(24)35-31(25(30)17-34)41-20-23-8-6-13-36(23)3/h4-5,7,9,22-23H,1,6,8,10-11,13-16,18-20H2,2-3H3. The summed E-state index contributed by atoms with van der Waals surface area (Å²) >= 11 is 6.65. The Hall–Kier alpha value is -3.79. The van der Waals surface area contributed by atoms with Crippen molar-refractivity contribution in [2.45, 2.75) is 51.2 Å². The first-order valence-corrected chi connectivity index (χ1v) is 14.6. The van der Waals surface area contributed by atoms with Gasteiger partial charge < -0.3 is 24.3 Å². The Morgan fingerprint density at radius 3 is 2.71 bits per heavy atom. The van der Waals surface area contributed by atoms with Crippen molar-refractivity contribution in [1.82, 2.24) is 14.8 Å². The third-order valence-corrected chi connectivity index (χ3v) is 8.88. The third-order valence-electron chi connectivity index (χ3n) is 8.58. The smallest absolute Gasteiger partial charge is 0.246 e. The summed E-state index contributed by atoms with van der Waals surface area (Å²) in [5, 5.41) is 20.7. The van der Waals surface area contributed by atoms with Gasteiger partial charge in [-0.3, -0.25) is 4.79 Å². The fourth-order valence-electron chi connectivity index (χ4n) is 6.41. The topological polar surface area (TPSA) is 99.7 Å². The van der Waals surface area contributed by atoms with Gasteiger partial charge in [-0.15, -0.1) is 0 Å². The number of aryl methyl sites for hydroxylation is 1. The molecule has 1 aromatic heterocycles. The van der Waals surface area contributed by atoms with Gasteiger partial charge in [0.1, 0.15) is 18.2 Å². The molecule has 0 spiro atoms. The number of aromatic nitrogens is 1. The number of halogens is 1. The second-order valence-electron chi connectivity index (χ2n) is 11.0. The summed E-state index contributed by atoms with van der Waals surface area (Å²) in [5.74, 6) is 0.165. The first-order valence-electron chi connectivity index (χ1n) is 14.2. The fraction of sp³-hybridized carbons (Fsp3) is 0.484.